The smallest absolute Gasteiger partial charge is 0.275 e. The normalized spacial score (nSPS) is 9.85. The topological polar surface area (TPSA) is 88.1 Å². The number of benzene rings is 1. The van der Waals surface area contributed by atoms with Gasteiger partial charge in [-0.15, -0.1) is 11.3 Å². The average molecular weight is 287 g/mol. The van der Waals surface area contributed by atoms with Crippen LogP contribution in [0.2, 0.25) is 0 Å². The summed E-state index contributed by atoms with van der Waals surface area (Å²) in [5, 5.41) is 8.87. The van der Waals surface area contributed by atoms with Crippen LogP contribution in [0.3, 0.4) is 0 Å². The minimum atomic E-state index is -0.316. The molecule has 5 nitrogen and oxygen atoms in total. The van der Waals surface area contributed by atoms with Crippen molar-refractivity contribution in [2.75, 3.05) is 0 Å². The lowest BCUT2D eigenvalue weighted by atomic mass is 10.1. The monoisotopic (exact) mass is 287 g/mol. The highest BCUT2D eigenvalue weighted by atomic mass is 32.1. The number of nitrogens with two attached hydrogens (primary N) is 1. The van der Waals surface area contributed by atoms with Crippen LogP contribution in [0.1, 0.15) is 25.7 Å². The number of rotatable bonds is 4. The Balaban J connectivity index is 2.07. The molecule has 1 heterocycles. The molecule has 0 radical (unpaired) electrons. The van der Waals surface area contributed by atoms with Crippen LogP contribution in [0.25, 0.3) is 0 Å². The molecule has 0 atom stereocenters. The Bertz CT molecular complexity index is 673. The number of carbonyl (C=O) groups excluding carboxylic acids is 1. The van der Waals surface area contributed by atoms with Crippen LogP contribution >= 0.6 is 11.3 Å². The number of hydrogen-bond donors (Lipinski definition) is 2. The number of nitriles is 1. The van der Waals surface area contributed by atoms with Gasteiger partial charge in [0.2, 0.25) is 0 Å². The molecular formula is C14H13N3O2S. The summed E-state index contributed by atoms with van der Waals surface area (Å²) in [6.07, 6.45) is 0. The summed E-state index contributed by atoms with van der Waals surface area (Å²) >= 11 is 1.32. The van der Waals surface area contributed by atoms with Crippen molar-refractivity contribution < 1.29 is 9.53 Å². The van der Waals surface area contributed by atoms with Crippen molar-refractivity contribution in [2.24, 2.45) is 5.84 Å². The Labute approximate surface area is 120 Å². The molecule has 6 heteroatoms. The van der Waals surface area contributed by atoms with E-state index in [4.69, 9.17) is 15.8 Å². The summed E-state index contributed by atoms with van der Waals surface area (Å²) < 4.78 is 5.69. The van der Waals surface area contributed by atoms with Gasteiger partial charge in [0.05, 0.1) is 16.5 Å². The Morgan fingerprint density at radius 3 is 2.95 bits per heavy atom. The molecule has 2 aromatic rings. The Kier molecular flexibility index (Phi) is 4.35. The maximum Gasteiger partial charge on any atom is 0.275 e. The van der Waals surface area contributed by atoms with Gasteiger partial charge >= 0.3 is 0 Å². The van der Waals surface area contributed by atoms with Gasteiger partial charge in [-0.2, -0.15) is 5.26 Å². The Hall–Kier alpha value is -2.36. The highest BCUT2D eigenvalue weighted by Crippen LogP contribution is 2.23. The van der Waals surface area contributed by atoms with Crippen molar-refractivity contribution in [1.82, 2.24) is 5.43 Å². The molecule has 2 rings (SSSR count). The number of hydrogen-bond acceptors (Lipinski definition) is 5. The summed E-state index contributed by atoms with van der Waals surface area (Å²) in [6.45, 7) is 2.26. The number of ether oxygens (including phenoxy) is 1. The number of amides is 1. The fourth-order valence-electron chi connectivity index (χ4n) is 1.62. The first-order chi connectivity index (χ1) is 9.63. The maximum absolute atomic E-state index is 11.3. The summed E-state index contributed by atoms with van der Waals surface area (Å²) in [5.74, 6) is 5.43. The first-order valence-corrected chi connectivity index (χ1v) is 6.69. The molecule has 1 aromatic heterocycles. The molecule has 0 aliphatic heterocycles. The quantitative estimate of drug-likeness (QED) is 0.512. The van der Waals surface area contributed by atoms with Crippen molar-refractivity contribution in [1.29, 1.82) is 5.26 Å². The zero-order valence-electron chi connectivity index (χ0n) is 10.8. The van der Waals surface area contributed by atoms with Gasteiger partial charge in [0, 0.05) is 4.88 Å². The standard InChI is InChI=1S/C14H13N3O2S/c1-9-2-3-10(7-15)6-12(9)19-8-11-4-5-13(20-11)14(18)17-16/h2-6H,8,16H2,1H3,(H,17,18). The van der Waals surface area contributed by atoms with E-state index in [2.05, 4.69) is 11.5 Å². The number of hydrazine groups is 1. The van der Waals surface area contributed by atoms with Crippen LogP contribution in [0.4, 0.5) is 0 Å². The minimum Gasteiger partial charge on any atom is -0.488 e. The van der Waals surface area contributed by atoms with Crippen molar-refractivity contribution in [3.8, 4) is 11.8 Å². The average Bonchev–Trinajstić information content (AvgIpc) is 2.94. The van der Waals surface area contributed by atoms with E-state index in [1.54, 1.807) is 18.2 Å². The van der Waals surface area contributed by atoms with Crippen LogP contribution in [0.15, 0.2) is 30.3 Å². The summed E-state index contributed by atoms with van der Waals surface area (Å²) in [4.78, 5) is 12.8. The number of thiophene rings is 1. The number of nitrogen functional groups attached to an aromatic ring is 1. The minimum absolute atomic E-state index is 0.316. The molecule has 1 aromatic carbocycles. The van der Waals surface area contributed by atoms with Gasteiger partial charge in [0.1, 0.15) is 12.4 Å². The largest absolute Gasteiger partial charge is 0.488 e. The molecule has 0 aliphatic carbocycles. The maximum atomic E-state index is 11.3. The second kappa shape index (κ2) is 6.19. The number of carbonyl (C=O) groups is 1. The first kappa shape index (κ1) is 14.1. The van der Waals surface area contributed by atoms with Crippen molar-refractivity contribution >= 4 is 17.2 Å². The lowest BCUT2D eigenvalue weighted by molar-refractivity contribution is 0.0957. The molecule has 0 aliphatic rings. The van der Waals surface area contributed by atoms with Gasteiger partial charge < -0.3 is 4.74 Å². The third kappa shape index (κ3) is 3.15. The predicted molar refractivity (Wildman–Crippen MR) is 76.2 cm³/mol. The van der Waals surface area contributed by atoms with Gasteiger partial charge in [-0.25, -0.2) is 5.84 Å². The molecule has 0 bridgehead atoms. The number of aryl methyl sites for hydroxylation is 1. The van der Waals surface area contributed by atoms with Crippen LogP contribution in [-0.4, -0.2) is 5.91 Å². The van der Waals surface area contributed by atoms with E-state index in [-0.39, 0.29) is 5.91 Å². The lowest BCUT2D eigenvalue weighted by Crippen LogP contribution is -2.29. The van der Waals surface area contributed by atoms with Gasteiger partial charge in [-0.05, 0) is 36.8 Å². The first-order valence-electron chi connectivity index (χ1n) is 5.87. The molecule has 0 saturated heterocycles. The molecular weight excluding hydrogens is 274 g/mol. The second-order valence-corrected chi connectivity index (χ2v) is 5.29. The molecule has 102 valence electrons. The number of nitrogens with zero attached hydrogens (tertiary/aromatic N) is 1. The van der Waals surface area contributed by atoms with Crippen molar-refractivity contribution in [3.63, 3.8) is 0 Å². The SMILES string of the molecule is Cc1ccc(C#N)cc1OCc1ccc(C(=O)NN)s1. The Morgan fingerprint density at radius 2 is 2.25 bits per heavy atom. The summed E-state index contributed by atoms with van der Waals surface area (Å²) in [7, 11) is 0. The van der Waals surface area contributed by atoms with Gasteiger partial charge in [0.15, 0.2) is 0 Å². The van der Waals surface area contributed by atoms with Crippen molar-refractivity contribution in [2.45, 2.75) is 13.5 Å². The van der Waals surface area contributed by atoms with E-state index < -0.39 is 0 Å². The van der Waals surface area contributed by atoms with E-state index in [0.717, 1.165) is 10.4 Å². The molecule has 3 N–H and O–H groups in total. The molecule has 0 unspecified atom stereocenters. The van der Waals surface area contributed by atoms with E-state index in [0.29, 0.717) is 22.8 Å². The van der Waals surface area contributed by atoms with Crippen LogP contribution in [0.5, 0.6) is 5.75 Å². The van der Waals surface area contributed by atoms with E-state index in [1.807, 2.05) is 19.1 Å². The third-order valence-corrected chi connectivity index (χ3v) is 3.76. The molecule has 0 fully saturated rings. The zero-order valence-corrected chi connectivity index (χ0v) is 11.7. The molecule has 0 spiro atoms. The lowest BCUT2D eigenvalue weighted by Gasteiger charge is -2.08. The van der Waals surface area contributed by atoms with E-state index in [9.17, 15) is 4.79 Å². The summed E-state index contributed by atoms with van der Waals surface area (Å²) in [5.41, 5.74) is 3.60. The molecule has 0 saturated carbocycles. The highest BCUT2D eigenvalue weighted by molar-refractivity contribution is 7.14. The second-order valence-electron chi connectivity index (χ2n) is 4.12. The summed E-state index contributed by atoms with van der Waals surface area (Å²) in [6, 6.07) is 10.9. The van der Waals surface area contributed by atoms with E-state index in [1.165, 1.54) is 11.3 Å². The van der Waals surface area contributed by atoms with Crippen LogP contribution in [0, 0.1) is 18.3 Å². The molecule has 20 heavy (non-hydrogen) atoms. The fourth-order valence-corrected chi connectivity index (χ4v) is 2.45. The van der Waals surface area contributed by atoms with E-state index >= 15 is 0 Å². The van der Waals surface area contributed by atoms with Gasteiger partial charge in [0.25, 0.3) is 5.91 Å². The third-order valence-electron chi connectivity index (χ3n) is 2.70. The zero-order chi connectivity index (χ0) is 14.5. The Morgan fingerprint density at radius 1 is 1.45 bits per heavy atom. The van der Waals surface area contributed by atoms with Crippen LogP contribution in [-0.2, 0) is 6.61 Å². The molecule has 1 amide bonds. The van der Waals surface area contributed by atoms with Gasteiger partial charge in [-0.3, -0.25) is 10.2 Å². The predicted octanol–water partition coefficient (Wildman–Crippen LogP) is 2.11. The fraction of sp³-hybridized carbons (Fsp3) is 0.143. The number of nitrogens with one attached hydrogen (secondary N) is 1. The van der Waals surface area contributed by atoms with Gasteiger partial charge in [-0.1, -0.05) is 6.07 Å². The highest BCUT2D eigenvalue weighted by Gasteiger charge is 2.08. The van der Waals surface area contributed by atoms with Crippen molar-refractivity contribution in [3.05, 3.63) is 51.2 Å². The van der Waals surface area contributed by atoms with Crippen LogP contribution < -0.4 is 16.0 Å².